The molecule has 0 amide bonds. The van der Waals surface area contributed by atoms with Crippen LogP contribution in [-0.4, -0.2) is 0 Å². The topological polar surface area (TPSA) is 0 Å². The monoisotopic (exact) mass is 84.1 g/mol. The number of hydrogen-bond donors (Lipinski definition) is 0. The molecule has 0 atom stereocenters. The maximum absolute atomic E-state index is 5.31. The highest BCUT2D eigenvalue weighted by Crippen LogP contribution is 2.15. The van der Waals surface area contributed by atoms with Crippen LogP contribution in [0.1, 0.15) is 27.2 Å². The molecule has 0 aliphatic heterocycles. The fraction of sp³-hybridized carbons (Fsp3) is 0.833. The van der Waals surface area contributed by atoms with E-state index in [1.165, 1.54) is 0 Å². The number of hydrogen-bond acceptors (Lipinski definition) is 0. The Hall–Kier alpha value is 0. The van der Waals surface area contributed by atoms with Gasteiger partial charge in [0.2, 0.25) is 0 Å². The van der Waals surface area contributed by atoms with Gasteiger partial charge in [0.15, 0.2) is 0 Å². The average molecular weight is 84.2 g/mol. The van der Waals surface area contributed by atoms with Crippen molar-refractivity contribution in [1.29, 1.82) is 0 Å². The highest BCUT2D eigenvalue weighted by atomic mass is 14.1. The zero-order chi connectivity index (χ0) is 5.21. The maximum atomic E-state index is 5.31. The number of rotatable bonds is 0. The van der Waals surface area contributed by atoms with Crippen molar-refractivity contribution < 1.29 is 0 Å². The van der Waals surface area contributed by atoms with Gasteiger partial charge in [-0.1, -0.05) is 20.8 Å². The first-order valence-corrected chi connectivity index (χ1v) is 2.26. The van der Waals surface area contributed by atoms with Gasteiger partial charge in [-0.25, -0.2) is 0 Å². The summed E-state index contributed by atoms with van der Waals surface area (Å²) in [5.74, 6) is 0. The molecule has 0 aliphatic rings. The van der Waals surface area contributed by atoms with Gasteiger partial charge in [0.1, 0.15) is 0 Å². The van der Waals surface area contributed by atoms with E-state index in [1.54, 1.807) is 0 Å². The minimum Gasteiger partial charge on any atom is -0.0602 e. The molecule has 0 fully saturated rings. The first kappa shape index (κ1) is 6.00. The van der Waals surface area contributed by atoms with Gasteiger partial charge < -0.3 is 0 Å². The lowest BCUT2D eigenvalue weighted by Crippen LogP contribution is -2.00. The summed E-state index contributed by atoms with van der Waals surface area (Å²) in [5.41, 5.74) is 0.319. The van der Waals surface area contributed by atoms with Crippen molar-refractivity contribution in [1.82, 2.24) is 0 Å². The van der Waals surface area contributed by atoms with Crippen molar-refractivity contribution in [2.45, 2.75) is 27.2 Å². The van der Waals surface area contributed by atoms with Gasteiger partial charge in [-0.05, 0) is 18.8 Å². The van der Waals surface area contributed by atoms with E-state index in [9.17, 15) is 0 Å². The van der Waals surface area contributed by atoms with Crippen molar-refractivity contribution >= 4 is 0 Å². The van der Waals surface area contributed by atoms with Gasteiger partial charge in [0.25, 0.3) is 0 Å². The third-order valence-corrected chi connectivity index (χ3v) is 0.612. The molecule has 0 nitrogen and oxygen atoms in total. The Morgan fingerprint density at radius 2 is 1.50 bits per heavy atom. The summed E-state index contributed by atoms with van der Waals surface area (Å²) in [4.78, 5) is 0. The van der Waals surface area contributed by atoms with Gasteiger partial charge >= 0.3 is 0 Å². The minimum absolute atomic E-state index is 0.319. The molecule has 0 bridgehead atoms. The molecule has 36 valence electrons. The summed E-state index contributed by atoms with van der Waals surface area (Å²) in [5, 5.41) is 0. The lowest BCUT2D eigenvalue weighted by molar-refractivity contribution is 0.419. The molecule has 6 heavy (non-hydrogen) atoms. The normalized spacial score (nSPS) is 12.0. The second-order valence-corrected chi connectivity index (χ2v) is 2.76. The van der Waals surface area contributed by atoms with Gasteiger partial charge in [-0.15, -0.1) is 0 Å². The van der Waals surface area contributed by atoms with Crippen LogP contribution in [0.5, 0.6) is 0 Å². The van der Waals surface area contributed by atoms with E-state index in [-0.39, 0.29) is 0 Å². The molecule has 0 saturated heterocycles. The van der Waals surface area contributed by atoms with Crippen LogP contribution in [0.15, 0.2) is 0 Å². The fourth-order valence-corrected chi connectivity index (χ4v) is 0. The second kappa shape index (κ2) is 1.63. The van der Waals surface area contributed by atoms with Crippen molar-refractivity contribution in [3.05, 3.63) is 6.92 Å². The highest BCUT2D eigenvalue weighted by Gasteiger charge is 2.03. The third-order valence-electron chi connectivity index (χ3n) is 0.612. The van der Waals surface area contributed by atoms with Crippen molar-refractivity contribution in [3.63, 3.8) is 0 Å². The summed E-state index contributed by atoms with van der Waals surface area (Å²) in [6, 6.07) is 0. The Balaban J connectivity index is 3.17. The molecule has 0 N–H and O–H groups in total. The van der Waals surface area contributed by atoms with Gasteiger partial charge in [0.05, 0.1) is 0 Å². The lowest BCUT2D eigenvalue weighted by atomic mass is 9.94. The summed E-state index contributed by atoms with van der Waals surface area (Å²) in [6.45, 7) is 11.7. The van der Waals surface area contributed by atoms with Crippen LogP contribution >= 0.6 is 0 Å². The SMILES string of the molecule is [CH]CC(C)(C)C. The Morgan fingerprint density at radius 3 is 1.50 bits per heavy atom. The van der Waals surface area contributed by atoms with Crippen molar-refractivity contribution in [2.75, 3.05) is 0 Å². The Kier molecular flexibility index (Phi) is 1.63. The van der Waals surface area contributed by atoms with Gasteiger partial charge in [0, 0.05) is 0 Å². The molecule has 0 unspecified atom stereocenters. The standard InChI is InChI=1S/C6H12/c1-5-6(2,3)4/h1H,5H2,2-4H3. The average Bonchev–Trinajstić information content (AvgIpc) is 1.35. The Bertz CT molecular complexity index is 29.8. The first-order chi connectivity index (χ1) is 2.56. The minimum atomic E-state index is 0.319. The Labute approximate surface area is 40.6 Å². The molecule has 0 heteroatoms. The highest BCUT2D eigenvalue weighted by molar-refractivity contribution is 4.60. The van der Waals surface area contributed by atoms with E-state index in [0.717, 1.165) is 6.42 Å². The van der Waals surface area contributed by atoms with Crippen LogP contribution in [0.3, 0.4) is 0 Å². The molecular weight excluding hydrogens is 72.1 g/mol. The van der Waals surface area contributed by atoms with E-state index in [2.05, 4.69) is 20.8 Å². The van der Waals surface area contributed by atoms with E-state index >= 15 is 0 Å². The lowest BCUT2D eigenvalue weighted by Gasteiger charge is -2.12. The van der Waals surface area contributed by atoms with E-state index in [0.29, 0.717) is 5.41 Å². The maximum Gasteiger partial charge on any atom is -0.0347 e. The first-order valence-electron chi connectivity index (χ1n) is 2.26. The molecule has 0 spiro atoms. The molecule has 0 aromatic heterocycles. The van der Waals surface area contributed by atoms with E-state index in [1.807, 2.05) is 0 Å². The van der Waals surface area contributed by atoms with Crippen LogP contribution in [0.25, 0.3) is 0 Å². The molecule has 0 aromatic carbocycles. The van der Waals surface area contributed by atoms with Gasteiger partial charge in [-0.3, -0.25) is 0 Å². The van der Waals surface area contributed by atoms with Crippen LogP contribution in [-0.2, 0) is 0 Å². The summed E-state index contributed by atoms with van der Waals surface area (Å²) in [7, 11) is 0. The zero-order valence-electron chi connectivity index (χ0n) is 4.78. The summed E-state index contributed by atoms with van der Waals surface area (Å²) >= 11 is 0. The predicted octanol–water partition coefficient (Wildman–Crippen LogP) is 2.13. The third kappa shape index (κ3) is 4.00. The molecule has 0 heterocycles. The van der Waals surface area contributed by atoms with Crippen molar-refractivity contribution in [3.8, 4) is 0 Å². The van der Waals surface area contributed by atoms with Gasteiger partial charge in [-0.2, -0.15) is 0 Å². The molecule has 0 saturated carbocycles. The van der Waals surface area contributed by atoms with Crippen LogP contribution in [0.4, 0.5) is 0 Å². The smallest absolute Gasteiger partial charge is 0.0347 e. The van der Waals surface area contributed by atoms with Crippen molar-refractivity contribution in [2.24, 2.45) is 5.41 Å². The molecule has 0 rings (SSSR count). The van der Waals surface area contributed by atoms with Crippen LogP contribution < -0.4 is 0 Å². The summed E-state index contributed by atoms with van der Waals surface area (Å²) < 4.78 is 0. The summed E-state index contributed by atoms with van der Waals surface area (Å²) in [6.07, 6.45) is 0.771. The molecule has 0 aliphatic carbocycles. The zero-order valence-corrected chi connectivity index (χ0v) is 4.78. The predicted molar refractivity (Wildman–Crippen MR) is 28.4 cm³/mol. The molecule has 0 aromatic rings. The van der Waals surface area contributed by atoms with E-state index in [4.69, 9.17) is 6.92 Å². The Morgan fingerprint density at radius 1 is 1.33 bits per heavy atom. The quantitative estimate of drug-likeness (QED) is 0.422. The van der Waals surface area contributed by atoms with E-state index < -0.39 is 0 Å². The van der Waals surface area contributed by atoms with Crippen LogP contribution in [0.2, 0.25) is 0 Å². The fourth-order valence-electron chi connectivity index (χ4n) is 0. The molecular formula is C6H12. The van der Waals surface area contributed by atoms with Crippen LogP contribution in [0, 0.1) is 12.3 Å². The molecule has 2 radical (unpaired) electrons. The second-order valence-electron chi connectivity index (χ2n) is 2.76. The largest absolute Gasteiger partial charge is 0.0602 e.